The smallest absolute Gasteiger partial charge is 0.166 e. The van der Waals surface area contributed by atoms with Crippen molar-refractivity contribution < 1.29 is 0 Å². The van der Waals surface area contributed by atoms with Crippen LogP contribution in [0.1, 0.15) is 36.2 Å². The summed E-state index contributed by atoms with van der Waals surface area (Å²) in [5.41, 5.74) is 1.33. The molecule has 5 heteroatoms. The Balaban J connectivity index is 1.51. The Morgan fingerprint density at radius 2 is 1.92 bits per heavy atom. The fourth-order valence-corrected chi connectivity index (χ4v) is 4.78. The summed E-state index contributed by atoms with van der Waals surface area (Å²) in [6.07, 6.45) is 3.58. The van der Waals surface area contributed by atoms with E-state index in [1.54, 1.807) is 0 Å². The molecule has 0 radical (unpaired) electrons. The van der Waals surface area contributed by atoms with Crippen LogP contribution in [-0.4, -0.2) is 35.7 Å². The van der Waals surface area contributed by atoms with Gasteiger partial charge in [0.1, 0.15) is 0 Å². The maximum Gasteiger partial charge on any atom is 0.166 e. The summed E-state index contributed by atoms with van der Waals surface area (Å²) in [5, 5.41) is 9.80. The van der Waals surface area contributed by atoms with Crippen molar-refractivity contribution in [3.05, 3.63) is 58.3 Å². The van der Waals surface area contributed by atoms with Crippen molar-refractivity contribution >= 4 is 28.7 Å². The van der Waals surface area contributed by atoms with Gasteiger partial charge < -0.3 is 10.6 Å². The molecule has 0 spiro atoms. The molecule has 2 heterocycles. The summed E-state index contributed by atoms with van der Waals surface area (Å²) >= 11 is 7.37. The summed E-state index contributed by atoms with van der Waals surface area (Å²) in [4.78, 5) is 4.02. The molecule has 1 fully saturated rings. The SMILES string of the molecule is C[C@@H](NC(=S)NCCc1ccccc1)[C@H](c1cccs1)N1CCCC1. The Hall–Kier alpha value is -1.43. The molecule has 0 unspecified atom stereocenters. The van der Waals surface area contributed by atoms with Crippen LogP contribution in [0.15, 0.2) is 47.8 Å². The normalized spacial score (nSPS) is 17.2. The number of nitrogens with one attached hydrogen (secondary N) is 2. The molecule has 134 valence electrons. The molecule has 2 N–H and O–H groups in total. The van der Waals surface area contributed by atoms with E-state index in [0.717, 1.165) is 18.1 Å². The fourth-order valence-electron chi connectivity index (χ4n) is 3.52. The Labute approximate surface area is 160 Å². The van der Waals surface area contributed by atoms with E-state index < -0.39 is 0 Å². The quantitative estimate of drug-likeness (QED) is 0.718. The predicted molar refractivity (Wildman–Crippen MR) is 111 cm³/mol. The molecular weight excluding hydrogens is 346 g/mol. The van der Waals surface area contributed by atoms with Crippen LogP contribution in [0.25, 0.3) is 0 Å². The van der Waals surface area contributed by atoms with Crippen molar-refractivity contribution in [2.24, 2.45) is 0 Å². The zero-order valence-electron chi connectivity index (χ0n) is 14.8. The summed E-state index contributed by atoms with van der Waals surface area (Å²) in [5.74, 6) is 0. The van der Waals surface area contributed by atoms with E-state index in [1.165, 1.54) is 36.4 Å². The molecular formula is C20H27N3S2. The summed E-state index contributed by atoms with van der Waals surface area (Å²) in [6, 6.07) is 15.6. The Morgan fingerprint density at radius 1 is 1.16 bits per heavy atom. The Morgan fingerprint density at radius 3 is 2.60 bits per heavy atom. The van der Waals surface area contributed by atoms with E-state index >= 15 is 0 Å². The molecule has 0 amide bonds. The standard InChI is InChI=1S/C20H27N3S2/c1-16(19(18-10-7-15-25-18)23-13-5-6-14-23)22-20(24)21-12-11-17-8-3-2-4-9-17/h2-4,7-10,15-16,19H,5-6,11-14H2,1H3,(H2,21,22,24)/t16-,19-/m1/s1. The highest BCUT2D eigenvalue weighted by Gasteiger charge is 2.29. The second kappa shape index (κ2) is 9.32. The van der Waals surface area contributed by atoms with E-state index in [2.05, 4.69) is 64.2 Å². The van der Waals surface area contributed by atoms with Crippen molar-refractivity contribution in [1.82, 2.24) is 15.5 Å². The van der Waals surface area contributed by atoms with Crippen molar-refractivity contribution in [2.45, 2.75) is 38.3 Å². The number of benzene rings is 1. The number of hydrogen-bond donors (Lipinski definition) is 2. The molecule has 3 nitrogen and oxygen atoms in total. The van der Waals surface area contributed by atoms with Crippen molar-refractivity contribution in [3.63, 3.8) is 0 Å². The van der Waals surface area contributed by atoms with Gasteiger partial charge in [-0.1, -0.05) is 36.4 Å². The molecule has 2 aromatic rings. The van der Waals surface area contributed by atoms with Crippen LogP contribution < -0.4 is 10.6 Å². The zero-order chi connectivity index (χ0) is 17.5. The largest absolute Gasteiger partial charge is 0.362 e. The van der Waals surface area contributed by atoms with Gasteiger partial charge in [-0.2, -0.15) is 0 Å². The molecule has 1 aromatic heterocycles. The van der Waals surface area contributed by atoms with Crippen LogP contribution in [0.3, 0.4) is 0 Å². The average molecular weight is 374 g/mol. The van der Waals surface area contributed by atoms with Crippen LogP contribution in [-0.2, 0) is 6.42 Å². The molecule has 25 heavy (non-hydrogen) atoms. The molecule has 0 saturated carbocycles. The molecule has 0 bridgehead atoms. The fraction of sp³-hybridized carbons (Fsp3) is 0.450. The summed E-state index contributed by atoms with van der Waals surface area (Å²) < 4.78 is 0. The minimum absolute atomic E-state index is 0.286. The van der Waals surface area contributed by atoms with Gasteiger partial charge in [0.2, 0.25) is 0 Å². The number of rotatable bonds is 7. The maximum atomic E-state index is 5.53. The van der Waals surface area contributed by atoms with E-state index in [0.29, 0.717) is 6.04 Å². The lowest BCUT2D eigenvalue weighted by Crippen LogP contribution is -2.47. The van der Waals surface area contributed by atoms with Crippen molar-refractivity contribution in [2.75, 3.05) is 19.6 Å². The first-order valence-electron chi connectivity index (χ1n) is 9.10. The van der Waals surface area contributed by atoms with Gasteiger partial charge in [-0.15, -0.1) is 11.3 Å². The van der Waals surface area contributed by atoms with Crippen molar-refractivity contribution in [1.29, 1.82) is 0 Å². The zero-order valence-corrected chi connectivity index (χ0v) is 16.4. The molecule has 0 aliphatic carbocycles. The van der Waals surface area contributed by atoms with Crippen LogP contribution >= 0.6 is 23.6 Å². The lowest BCUT2D eigenvalue weighted by atomic mass is 10.1. The van der Waals surface area contributed by atoms with Gasteiger partial charge in [0.05, 0.1) is 6.04 Å². The number of likely N-dealkylation sites (tertiary alicyclic amines) is 1. The minimum Gasteiger partial charge on any atom is -0.362 e. The van der Waals surface area contributed by atoms with Crippen LogP contribution in [0.4, 0.5) is 0 Å². The summed E-state index contributed by atoms with van der Waals surface area (Å²) in [7, 11) is 0. The Bertz CT molecular complexity index is 636. The average Bonchev–Trinajstić information content (AvgIpc) is 3.30. The van der Waals surface area contributed by atoms with E-state index in [4.69, 9.17) is 12.2 Å². The van der Waals surface area contributed by atoms with Gasteiger partial charge in [0.15, 0.2) is 5.11 Å². The first-order valence-corrected chi connectivity index (χ1v) is 10.4. The summed E-state index contributed by atoms with van der Waals surface area (Å²) in [6.45, 7) is 5.47. The Kier molecular flexibility index (Phi) is 6.84. The van der Waals surface area contributed by atoms with E-state index in [-0.39, 0.29) is 6.04 Å². The molecule has 3 rings (SSSR count). The first-order chi connectivity index (χ1) is 12.2. The van der Waals surface area contributed by atoms with E-state index in [9.17, 15) is 0 Å². The highest BCUT2D eigenvalue weighted by atomic mass is 32.1. The first kappa shape index (κ1) is 18.4. The molecule has 1 aliphatic heterocycles. The number of hydrogen-bond acceptors (Lipinski definition) is 3. The molecule has 1 saturated heterocycles. The van der Waals surface area contributed by atoms with Crippen LogP contribution in [0, 0.1) is 0 Å². The minimum atomic E-state index is 0.286. The second-order valence-corrected chi connectivity index (χ2v) is 8.02. The predicted octanol–water partition coefficient (Wildman–Crippen LogP) is 3.98. The molecule has 1 aromatic carbocycles. The maximum absolute atomic E-state index is 5.53. The van der Waals surface area contributed by atoms with Gasteiger partial charge in [-0.05, 0) is 68.5 Å². The number of nitrogens with zero attached hydrogens (tertiary/aromatic N) is 1. The monoisotopic (exact) mass is 373 g/mol. The topological polar surface area (TPSA) is 27.3 Å². The van der Waals surface area contributed by atoms with Crippen LogP contribution in [0.5, 0.6) is 0 Å². The van der Waals surface area contributed by atoms with Gasteiger partial charge in [-0.3, -0.25) is 4.90 Å². The van der Waals surface area contributed by atoms with Crippen molar-refractivity contribution in [3.8, 4) is 0 Å². The lowest BCUT2D eigenvalue weighted by molar-refractivity contribution is 0.213. The lowest BCUT2D eigenvalue weighted by Gasteiger charge is -2.33. The van der Waals surface area contributed by atoms with Gasteiger partial charge in [0, 0.05) is 17.5 Å². The number of thiophene rings is 1. The highest BCUT2D eigenvalue weighted by Crippen LogP contribution is 2.31. The molecule has 1 aliphatic rings. The van der Waals surface area contributed by atoms with E-state index in [1.807, 2.05) is 17.4 Å². The second-order valence-electron chi connectivity index (χ2n) is 6.63. The highest BCUT2D eigenvalue weighted by molar-refractivity contribution is 7.80. The van der Waals surface area contributed by atoms with Gasteiger partial charge >= 0.3 is 0 Å². The van der Waals surface area contributed by atoms with Gasteiger partial charge in [0.25, 0.3) is 0 Å². The third kappa shape index (κ3) is 5.27. The third-order valence-corrected chi connectivity index (χ3v) is 5.95. The number of thiocarbonyl (C=S) groups is 1. The van der Waals surface area contributed by atoms with Crippen LogP contribution in [0.2, 0.25) is 0 Å². The third-order valence-electron chi connectivity index (χ3n) is 4.74. The molecule has 2 atom stereocenters. The van der Waals surface area contributed by atoms with Gasteiger partial charge in [-0.25, -0.2) is 0 Å².